The number of para-hydroxylation sites is 1. The van der Waals surface area contributed by atoms with E-state index in [0.29, 0.717) is 22.6 Å². The molecule has 0 aliphatic carbocycles. The molecule has 0 bridgehead atoms. The molecule has 0 radical (unpaired) electrons. The fourth-order valence-corrected chi connectivity index (χ4v) is 1.98. The minimum absolute atomic E-state index is 0.00828. The molecule has 0 saturated carbocycles. The van der Waals surface area contributed by atoms with Crippen molar-refractivity contribution in [1.82, 2.24) is 0 Å². The molecule has 3 N–H and O–H groups in total. The maximum absolute atomic E-state index is 11.9. The van der Waals surface area contributed by atoms with E-state index in [1.54, 1.807) is 48.5 Å². The maximum atomic E-state index is 11.9. The molecule has 0 saturated heterocycles. The zero-order valence-electron chi connectivity index (χ0n) is 11.3. The van der Waals surface area contributed by atoms with Gasteiger partial charge in [0.1, 0.15) is 5.75 Å². The third kappa shape index (κ3) is 4.59. The Balaban J connectivity index is 2.06. The highest BCUT2D eigenvalue weighted by Crippen LogP contribution is 2.20. The highest BCUT2D eigenvalue weighted by atomic mass is 16.5. The molecule has 5 heteroatoms. The van der Waals surface area contributed by atoms with Crippen LogP contribution in [0.5, 0.6) is 5.75 Å². The van der Waals surface area contributed by atoms with Gasteiger partial charge in [-0.05, 0) is 17.2 Å². The van der Waals surface area contributed by atoms with Crippen molar-refractivity contribution in [2.45, 2.75) is 19.1 Å². The van der Waals surface area contributed by atoms with Gasteiger partial charge < -0.3 is 20.7 Å². The minimum atomic E-state index is -1.50. The van der Waals surface area contributed by atoms with Gasteiger partial charge in [0.05, 0.1) is 6.42 Å². The zero-order chi connectivity index (χ0) is 15.2. The largest absolute Gasteiger partial charge is 0.699 e. The summed E-state index contributed by atoms with van der Waals surface area (Å²) in [4.78, 5) is 11.9. The second kappa shape index (κ2) is 6.88. The molecule has 0 fully saturated rings. The van der Waals surface area contributed by atoms with Gasteiger partial charge in [0.15, 0.2) is 6.29 Å². The molecule has 2 aromatic carbocycles. The summed E-state index contributed by atoms with van der Waals surface area (Å²) < 4.78 is 5.27. The van der Waals surface area contributed by atoms with E-state index in [2.05, 4.69) is 0 Å². The number of aliphatic hydroxyl groups is 2. The van der Waals surface area contributed by atoms with E-state index in [1.807, 2.05) is 0 Å². The van der Waals surface area contributed by atoms with Crippen molar-refractivity contribution in [2.24, 2.45) is 0 Å². The molecule has 0 spiro atoms. The fraction of sp³-hybridized carbons (Fsp3) is 0.188. The topological polar surface area (TPSA) is 90.6 Å². The van der Waals surface area contributed by atoms with E-state index in [1.165, 1.54) is 0 Å². The predicted octanol–water partition coefficient (Wildman–Crippen LogP) is 2.37. The van der Waals surface area contributed by atoms with Crippen LogP contribution in [0, 0.1) is 0 Å². The molecular formula is C16H16NO4-. The second-order valence-electron chi connectivity index (χ2n) is 4.64. The summed E-state index contributed by atoms with van der Waals surface area (Å²) in [7, 11) is 0. The van der Waals surface area contributed by atoms with Gasteiger partial charge >= 0.3 is 5.97 Å². The molecule has 2 rings (SSSR count). The number of rotatable bonds is 5. The lowest BCUT2D eigenvalue weighted by Crippen LogP contribution is -2.14. The third-order valence-electron chi connectivity index (χ3n) is 2.87. The fourth-order valence-electron chi connectivity index (χ4n) is 1.98. The number of carbonyl (C=O) groups is 1. The summed E-state index contributed by atoms with van der Waals surface area (Å²) in [6, 6.07) is 13.4. The van der Waals surface area contributed by atoms with E-state index in [4.69, 9.17) is 20.7 Å². The second-order valence-corrected chi connectivity index (χ2v) is 4.64. The van der Waals surface area contributed by atoms with Crippen molar-refractivity contribution in [3.05, 3.63) is 65.4 Å². The first kappa shape index (κ1) is 15.0. The zero-order valence-corrected chi connectivity index (χ0v) is 11.3. The van der Waals surface area contributed by atoms with Crippen LogP contribution in [0.25, 0.3) is 5.73 Å². The summed E-state index contributed by atoms with van der Waals surface area (Å²) in [6.07, 6.45) is -1.45. The lowest BCUT2D eigenvalue weighted by Gasteiger charge is -2.11. The number of hydrogen-bond acceptors (Lipinski definition) is 4. The van der Waals surface area contributed by atoms with Crippen LogP contribution in [0.2, 0.25) is 0 Å². The number of carbonyl (C=O) groups excluding carboxylic acids is 1. The van der Waals surface area contributed by atoms with Gasteiger partial charge in [-0.15, -0.1) is 5.69 Å². The van der Waals surface area contributed by atoms with Crippen molar-refractivity contribution in [3.8, 4) is 5.75 Å². The van der Waals surface area contributed by atoms with Crippen LogP contribution in [-0.2, 0) is 17.6 Å². The molecule has 0 unspecified atom stereocenters. The number of hydrogen-bond donors (Lipinski definition) is 2. The first-order valence-electron chi connectivity index (χ1n) is 6.50. The SMILES string of the molecule is [NH-]c1cccc(CC(=O)Oc2ccccc2CC(O)O)c1. The Morgan fingerprint density at radius 2 is 1.90 bits per heavy atom. The smallest absolute Gasteiger partial charge is 0.315 e. The monoisotopic (exact) mass is 286 g/mol. The molecule has 0 aliphatic rings. The van der Waals surface area contributed by atoms with Crippen LogP contribution in [0.4, 0.5) is 5.69 Å². The van der Waals surface area contributed by atoms with Crippen LogP contribution in [0.1, 0.15) is 11.1 Å². The van der Waals surface area contributed by atoms with Crippen molar-refractivity contribution >= 4 is 11.7 Å². The Kier molecular flexibility index (Phi) is 4.92. The molecule has 5 nitrogen and oxygen atoms in total. The highest BCUT2D eigenvalue weighted by molar-refractivity contribution is 5.76. The highest BCUT2D eigenvalue weighted by Gasteiger charge is 2.11. The van der Waals surface area contributed by atoms with Crippen LogP contribution >= 0.6 is 0 Å². The van der Waals surface area contributed by atoms with Gasteiger partial charge in [-0.25, -0.2) is 0 Å². The number of benzene rings is 2. The number of nitrogens with one attached hydrogen (secondary N) is 1. The molecular weight excluding hydrogens is 270 g/mol. The minimum Gasteiger partial charge on any atom is -0.699 e. The van der Waals surface area contributed by atoms with Crippen LogP contribution in [0.3, 0.4) is 0 Å². The first-order chi connectivity index (χ1) is 10.0. The molecule has 0 heterocycles. The summed E-state index contributed by atoms with van der Waals surface area (Å²) in [5.41, 5.74) is 9.09. The van der Waals surface area contributed by atoms with Gasteiger partial charge in [0.2, 0.25) is 0 Å². The summed E-state index contributed by atoms with van der Waals surface area (Å²) in [5.74, 6) is -0.141. The Morgan fingerprint density at radius 3 is 2.62 bits per heavy atom. The first-order valence-corrected chi connectivity index (χ1v) is 6.50. The van der Waals surface area contributed by atoms with Gasteiger partial charge in [-0.1, -0.05) is 42.5 Å². The number of aliphatic hydroxyl groups excluding tert-OH is 1. The molecule has 0 amide bonds. The van der Waals surface area contributed by atoms with Crippen LogP contribution in [-0.4, -0.2) is 22.5 Å². The standard InChI is InChI=1S/C16H16NO4/c17-13-6-3-4-11(8-13)9-16(20)21-14-7-2-1-5-12(14)10-15(18)19/h1-8,15,17-19H,9-10H2/q-1. The van der Waals surface area contributed by atoms with E-state index in [0.717, 1.165) is 0 Å². The third-order valence-corrected chi connectivity index (χ3v) is 2.87. The summed E-state index contributed by atoms with van der Waals surface area (Å²) in [6.45, 7) is 0. The van der Waals surface area contributed by atoms with Gasteiger partial charge in [0.25, 0.3) is 0 Å². The normalized spacial score (nSPS) is 10.6. The van der Waals surface area contributed by atoms with E-state index in [9.17, 15) is 4.79 Å². The van der Waals surface area contributed by atoms with Gasteiger partial charge in [-0.2, -0.15) is 0 Å². The Hall–Kier alpha value is -2.37. The van der Waals surface area contributed by atoms with E-state index < -0.39 is 12.3 Å². The quantitative estimate of drug-likeness (QED) is 0.501. The lowest BCUT2D eigenvalue weighted by atomic mass is 10.1. The van der Waals surface area contributed by atoms with Crippen molar-refractivity contribution in [2.75, 3.05) is 0 Å². The van der Waals surface area contributed by atoms with Crippen molar-refractivity contribution < 1.29 is 19.7 Å². The average molecular weight is 286 g/mol. The van der Waals surface area contributed by atoms with Gasteiger partial charge in [0, 0.05) is 6.42 Å². The Bertz CT molecular complexity index is 625. The van der Waals surface area contributed by atoms with E-state index in [-0.39, 0.29) is 12.8 Å². The molecule has 0 aromatic heterocycles. The predicted molar refractivity (Wildman–Crippen MR) is 78.1 cm³/mol. The summed E-state index contributed by atoms with van der Waals surface area (Å²) in [5, 5.41) is 18.0. The Labute approximate surface area is 122 Å². The number of esters is 1. The summed E-state index contributed by atoms with van der Waals surface area (Å²) >= 11 is 0. The molecule has 0 atom stereocenters. The molecule has 21 heavy (non-hydrogen) atoms. The van der Waals surface area contributed by atoms with E-state index >= 15 is 0 Å². The van der Waals surface area contributed by atoms with Crippen molar-refractivity contribution in [1.29, 1.82) is 0 Å². The van der Waals surface area contributed by atoms with Gasteiger partial charge in [-0.3, -0.25) is 4.79 Å². The van der Waals surface area contributed by atoms with Crippen LogP contribution in [0.15, 0.2) is 48.5 Å². The molecule has 110 valence electrons. The molecule has 2 aromatic rings. The molecule has 0 aliphatic heterocycles. The average Bonchev–Trinajstić information content (AvgIpc) is 2.40. The maximum Gasteiger partial charge on any atom is 0.315 e. The van der Waals surface area contributed by atoms with Crippen molar-refractivity contribution in [3.63, 3.8) is 0 Å². The van der Waals surface area contributed by atoms with Crippen LogP contribution < -0.4 is 4.74 Å². The lowest BCUT2D eigenvalue weighted by molar-refractivity contribution is -0.133. The Morgan fingerprint density at radius 1 is 1.14 bits per heavy atom. The number of ether oxygens (including phenoxy) is 1.